The van der Waals surface area contributed by atoms with Crippen LogP contribution >= 0.6 is 0 Å². The Bertz CT molecular complexity index is 735. The fraction of sp³-hybridized carbons (Fsp3) is 0.791. The summed E-state index contributed by atoms with van der Waals surface area (Å²) in [5, 5.41) is 0. The first-order chi connectivity index (χ1) is 22.6. The van der Waals surface area contributed by atoms with Crippen molar-refractivity contribution in [3.8, 4) is 0 Å². The number of rotatable bonds is 36. The summed E-state index contributed by atoms with van der Waals surface area (Å²) in [4.78, 5) is 15.2. The number of carbonyl (C=O) groups excluding carboxylic acids is 1. The molecule has 1 atom stereocenters. The number of unbranched alkanes of at least 4 members (excludes halogenated alkanes) is 18. The molecule has 0 rings (SSSR count). The minimum Gasteiger partial charge on any atom is -0.379 e. The highest BCUT2D eigenvalue weighted by Crippen LogP contribution is 2.18. The minimum absolute atomic E-state index is 0.0889. The molecule has 0 heterocycles. The van der Waals surface area contributed by atoms with Gasteiger partial charge < -0.3 is 9.64 Å². The second-order valence-electron chi connectivity index (χ2n) is 13.7. The van der Waals surface area contributed by atoms with Crippen molar-refractivity contribution in [1.29, 1.82) is 0 Å². The zero-order chi connectivity index (χ0) is 33.6. The molecule has 0 aromatic carbocycles. The van der Waals surface area contributed by atoms with E-state index in [2.05, 4.69) is 81.5 Å². The van der Waals surface area contributed by atoms with Gasteiger partial charge in [-0.1, -0.05) is 146 Å². The maximum absolute atomic E-state index is 13.1. The fourth-order valence-electron chi connectivity index (χ4n) is 5.68. The van der Waals surface area contributed by atoms with Gasteiger partial charge in [-0.15, -0.1) is 0 Å². The van der Waals surface area contributed by atoms with E-state index in [0.717, 1.165) is 45.1 Å². The normalized spacial score (nSPS) is 13.1. The summed E-state index contributed by atoms with van der Waals surface area (Å²) in [7, 11) is 4.14. The van der Waals surface area contributed by atoms with Crippen LogP contribution in [0.4, 0.5) is 0 Å². The molecule has 46 heavy (non-hydrogen) atoms. The molecule has 0 saturated heterocycles. The summed E-state index contributed by atoms with van der Waals surface area (Å²) >= 11 is 0. The lowest BCUT2D eigenvalue weighted by atomic mass is 9.93. The highest BCUT2D eigenvalue weighted by molar-refractivity contribution is 5.81. The Hall–Kier alpha value is -1.45. The average Bonchev–Trinajstić information content (AvgIpc) is 3.05. The van der Waals surface area contributed by atoms with Crippen molar-refractivity contribution in [2.75, 3.05) is 33.9 Å². The molecular formula is C43H79NO2. The maximum Gasteiger partial charge on any atom is 0.138 e. The van der Waals surface area contributed by atoms with Crippen LogP contribution in [-0.2, 0) is 9.53 Å². The Balaban J connectivity index is 3.96. The van der Waals surface area contributed by atoms with Crippen LogP contribution in [0.5, 0.6) is 0 Å². The number of ether oxygens (including phenoxy) is 1. The number of likely N-dealkylation sites (N-methyl/N-ethyl adjacent to an activating group) is 1. The van der Waals surface area contributed by atoms with E-state index < -0.39 is 0 Å². The summed E-state index contributed by atoms with van der Waals surface area (Å²) in [5.41, 5.74) is 0. The first kappa shape index (κ1) is 44.5. The second-order valence-corrected chi connectivity index (χ2v) is 13.7. The molecule has 0 spiro atoms. The average molecular weight is 642 g/mol. The lowest BCUT2D eigenvalue weighted by Crippen LogP contribution is -2.24. The van der Waals surface area contributed by atoms with Crippen LogP contribution in [0, 0.1) is 5.92 Å². The van der Waals surface area contributed by atoms with E-state index in [0.29, 0.717) is 19.0 Å². The van der Waals surface area contributed by atoms with Gasteiger partial charge in [0.15, 0.2) is 0 Å². The summed E-state index contributed by atoms with van der Waals surface area (Å²) < 4.78 is 5.96. The van der Waals surface area contributed by atoms with E-state index in [1.165, 1.54) is 128 Å². The number of allylic oxidation sites excluding steroid dienone is 8. The van der Waals surface area contributed by atoms with Gasteiger partial charge in [0.25, 0.3) is 0 Å². The smallest absolute Gasteiger partial charge is 0.138 e. The van der Waals surface area contributed by atoms with Gasteiger partial charge in [0.05, 0.1) is 13.2 Å². The maximum atomic E-state index is 13.1. The number of ketones is 1. The van der Waals surface area contributed by atoms with Crippen LogP contribution in [0.1, 0.15) is 181 Å². The summed E-state index contributed by atoms with van der Waals surface area (Å²) in [6.07, 6.45) is 50.4. The first-order valence-corrected chi connectivity index (χ1v) is 20.0. The molecule has 0 aliphatic rings. The molecule has 0 aromatic heterocycles. The minimum atomic E-state index is 0.0889. The van der Waals surface area contributed by atoms with Crippen molar-refractivity contribution in [2.24, 2.45) is 5.92 Å². The van der Waals surface area contributed by atoms with Crippen molar-refractivity contribution in [2.45, 2.75) is 181 Å². The highest BCUT2D eigenvalue weighted by Gasteiger charge is 2.18. The molecule has 1 unspecified atom stereocenters. The Labute approximate surface area is 288 Å². The summed E-state index contributed by atoms with van der Waals surface area (Å²) in [5.74, 6) is 0.531. The Kier molecular flexibility index (Phi) is 36.8. The van der Waals surface area contributed by atoms with Crippen LogP contribution in [0.25, 0.3) is 0 Å². The number of hydrogen-bond acceptors (Lipinski definition) is 3. The van der Waals surface area contributed by atoms with E-state index in [1.54, 1.807) is 0 Å². The van der Waals surface area contributed by atoms with Crippen LogP contribution in [0.3, 0.4) is 0 Å². The number of nitrogens with zero attached hydrogens (tertiary/aromatic N) is 1. The molecule has 0 amide bonds. The van der Waals surface area contributed by atoms with Gasteiger partial charge in [-0.3, -0.25) is 4.79 Å². The third kappa shape index (κ3) is 35.4. The first-order valence-electron chi connectivity index (χ1n) is 20.0. The topological polar surface area (TPSA) is 29.5 Å². The van der Waals surface area contributed by atoms with Gasteiger partial charge in [-0.2, -0.15) is 0 Å². The Morgan fingerprint density at radius 1 is 0.543 bits per heavy atom. The van der Waals surface area contributed by atoms with E-state index in [4.69, 9.17) is 4.74 Å². The van der Waals surface area contributed by atoms with Crippen LogP contribution in [0.15, 0.2) is 48.6 Å². The third-order valence-electron chi connectivity index (χ3n) is 8.83. The van der Waals surface area contributed by atoms with Crippen molar-refractivity contribution < 1.29 is 9.53 Å². The summed E-state index contributed by atoms with van der Waals surface area (Å²) in [6, 6.07) is 0. The molecule has 0 fully saturated rings. The van der Waals surface area contributed by atoms with E-state index >= 15 is 0 Å². The monoisotopic (exact) mass is 642 g/mol. The van der Waals surface area contributed by atoms with E-state index in [1.807, 2.05) is 0 Å². The molecule has 0 aliphatic carbocycles. The second kappa shape index (κ2) is 38.0. The van der Waals surface area contributed by atoms with Crippen molar-refractivity contribution in [1.82, 2.24) is 4.90 Å². The molecule has 268 valence electrons. The Morgan fingerprint density at radius 3 is 1.41 bits per heavy atom. The van der Waals surface area contributed by atoms with Crippen molar-refractivity contribution in [3.05, 3.63) is 48.6 Å². The largest absolute Gasteiger partial charge is 0.379 e. The standard InChI is InChI=1S/C43H79NO2/c1-5-7-9-11-13-15-17-19-21-23-25-27-29-31-33-35-37-42(41-46-40-39-44(3)4)43(45)38-36-34-32-30-28-26-24-22-20-18-16-14-12-10-8-6-2/h13-16,19-22,42H,5-12,17-18,23-41H2,1-4H3. The van der Waals surface area contributed by atoms with Crippen LogP contribution in [-0.4, -0.2) is 44.5 Å². The number of Topliss-reactive ketones (excluding diaryl/α,β-unsaturated/α-hetero) is 1. The molecule has 0 aromatic rings. The molecule has 3 heteroatoms. The lowest BCUT2D eigenvalue weighted by molar-refractivity contribution is -0.125. The molecule has 0 saturated carbocycles. The van der Waals surface area contributed by atoms with Gasteiger partial charge in [0.2, 0.25) is 0 Å². The quantitative estimate of drug-likeness (QED) is 0.0503. The van der Waals surface area contributed by atoms with Gasteiger partial charge in [0.1, 0.15) is 5.78 Å². The van der Waals surface area contributed by atoms with Crippen LogP contribution < -0.4 is 0 Å². The number of hydrogen-bond donors (Lipinski definition) is 0. The zero-order valence-electron chi connectivity index (χ0n) is 31.5. The predicted molar refractivity (Wildman–Crippen MR) is 206 cm³/mol. The van der Waals surface area contributed by atoms with E-state index in [-0.39, 0.29) is 5.92 Å². The lowest BCUT2D eigenvalue weighted by Gasteiger charge is -2.17. The van der Waals surface area contributed by atoms with Crippen LogP contribution in [0.2, 0.25) is 0 Å². The fourth-order valence-corrected chi connectivity index (χ4v) is 5.68. The van der Waals surface area contributed by atoms with Crippen molar-refractivity contribution in [3.63, 3.8) is 0 Å². The molecule has 0 aliphatic heterocycles. The SMILES string of the molecule is CCCCCC=CCC=CCCCCCCCCC(=O)C(CCCCCCCCC=CCC=CCCCCC)COCCN(C)C. The van der Waals surface area contributed by atoms with Gasteiger partial charge in [-0.25, -0.2) is 0 Å². The molecule has 3 nitrogen and oxygen atoms in total. The molecule has 0 N–H and O–H groups in total. The van der Waals surface area contributed by atoms with E-state index in [9.17, 15) is 4.79 Å². The predicted octanol–water partition coefficient (Wildman–Crippen LogP) is 13.2. The molecule has 0 radical (unpaired) electrons. The van der Waals surface area contributed by atoms with Gasteiger partial charge >= 0.3 is 0 Å². The number of carbonyl (C=O) groups is 1. The summed E-state index contributed by atoms with van der Waals surface area (Å²) in [6.45, 7) is 6.75. The van der Waals surface area contributed by atoms with Gasteiger partial charge in [0, 0.05) is 18.9 Å². The highest BCUT2D eigenvalue weighted by atomic mass is 16.5. The Morgan fingerprint density at radius 2 is 0.957 bits per heavy atom. The molecule has 0 bridgehead atoms. The van der Waals surface area contributed by atoms with Gasteiger partial charge in [-0.05, 0) is 91.1 Å². The zero-order valence-corrected chi connectivity index (χ0v) is 31.5. The van der Waals surface area contributed by atoms with Crippen molar-refractivity contribution >= 4 is 5.78 Å². The third-order valence-corrected chi connectivity index (χ3v) is 8.83. The molecular weight excluding hydrogens is 562 g/mol.